The van der Waals surface area contributed by atoms with Crippen molar-refractivity contribution in [1.82, 2.24) is 4.90 Å². The van der Waals surface area contributed by atoms with Crippen LogP contribution in [-0.4, -0.2) is 29.8 Å². The van der Waals surface area contributed by atoms with Gasteiger partial charge in [-0.2, -0.15) is 0 Å². The molecular weight excluding hydrogens is 174 g/mol. The van der Waals surface area contributed by atoms with E-state index in [0.29, 0.717) is 11.8 Å². The number of hydrogen-bond donors (Lipinski definition) is 0. The smallest absolute Gasteiger partial charge is 0.152 e. The average Bonchev–Trinajstić information content (AvgIpc) is 2.68. The molecule has 1 aliphatic carbocycles. The van der Waals surface area contributed by atoms with Crippen LogP contribution >= 0.6 is 0 Å². The molecule has 1 heterocycles. The van der Waals surface area contributed by atoms with E-state index in [0.717, 1.165) is 12.3 Å². The number of likely N-dealkylation sites (N-methyl/N-ethyl adjacent to an activating group) is 1. The number of Topliss-reactive ketones (excluding diaryl/α,β-unsaturated/α-hetero) is 1. The molecule has 80 valence electrons. The zero-order valence-electron chi connectivity index (χ0n) is 9.49. The van der Waals surface area contributed by atoms with Gasteiger partial charge >= 0.3 is 0 Å². The summed E-state index contributed by atoms with van der Waals surface area (Å²) in [5.74, 6) is 1.45. The Morgan fingerprint density at radius 1 is 1.36 bits per heavy atom. The van der Waals surface area contributed by atoms with Crippen molar-refractivity contribution in [2.75, 3.05) is 7.05 Å². The van der Waals surface area contributed by atoms with Crippen LogP contribution in [0.3, 0.4) is 0 Å². The number of likely N-dealkylation sites (tertiary alicyclic amines) is 1. The van der Waals surface area contributed by atoms with Crippen LogP contribution in [0.25, 0.3) is 0 Å². The molecule has 14 heavy (non-hydrogen) atoms. The fourth-order valence-electron chi connectivity index (χ4n) is 3.21. The second-order valence-corrected chi connectivity index (χ2v) is 5.23. The molecule has 2 rings (SSSR count). The minimum atomic E-state index is 0.196. The summed E-state index contributed by atoms with van der Waals surface area (Å²) < 4.78 is 0. The van der Waals surface area contributed by atoms with Crippen LogP contribution in [0, 0.1) is 11.8 Å². The third-order valence-electron chi connectivity index (χ3n) is 4.06. The minimum Gasteiger partial charge on any atom is -0.298 e. The molecule has 0 bridgehead atoms. The Kier molecular flexibility index (Phi) is 2.65. The van der Waals surface area contributed by atoms with Gasteiger partial charge in [-0.3, -0.25) is 9.69 Å². The first-order valence-electron chi connectivity index (χ1n) is 5.87. The van der Waals surface area contributed by atoms with E-state index in [4.69, 9.17) is 0 Å². The molecule has 3 unspecified atom stereocenters. The standard InChI is InChI=1S/C12H21NO/c1-8(2)12(14)11-7-9-5-4-6-10(9)13(11)3/h8-11H,4-7H2,1-3H3. The van der Waals surface area contributed by atoms with E-state index in [1.807, 2.05) is 13.8 Å². The highest BCUT2D eigenvalue weighted by Gasteiger charge is 2.44. The summed E-state index contributed by atoms with van der Waals surface area (Å²) in [6, 6.07) is 0.938. The second kappa shape index (κ2) is 3.65. The van der Waals surface area contributed by atoms with Gasteiger partial charge < -0.3 is 0 Å². The normalized spacial score (nSPS) is 37.9. The Bertz CT molecular complexity index is 236. The Balaban J connectivity index is 2.06. The van der Waals surface area contributed by atoms with E-state index in [1.54, 1.807) is 0 Å². The van der Waals surface area contributed by atoms with Gasteiger partial charge in [0.25, 0.3) is 0 Å². The maximum atomic E-state index is 11.9. The van der Waals surface area contributed by atoms with Gasteiger partial charge in [0.15, 0.2) is 5.78 Å². The number of carbonyl (C=O) groups excluding carboxylic acids is 1. The van der Waals surface area contributed by atoms with Crippen molar-refractivity contribution in [3.8, 4) is 0 Å². The van der Waals surface area contributed by atoms with Crippen LogP contribution < -0.4 is 0 Å². The van der Waals surface area contributed by atoms with E-state index < -0.39 is 0 Å². The van der Waals surface area contributed by atoms with Crippen LogP contribution in [0.5, 0.6) is 0 Å². The first kappa shape index (κ1) is 10.2. The fraction of sp³-hybridized carbons (Fsp3) is 0.917. The topological polar surface area (TPSA) is 20.3 Å². The van der Waals surface area contributed by atoms with E-state index in [9.17, 15) is 4.79 Å². The van der Waals surface area contributed by atoms with Gasteiger partial charge in [0.2, 0.25) is 0 Å². The lowest BCUT2D eigenvalue weighted by Crippen LogP contribution is -2.39. The SMILES string of the molecule is CC(C)C(=O)C1CC2CCCC2N1C. The maximum absolute atomic E-state index is 11.9. The Hall–Kier alpha value is -0.370. The predicted octanol–water partition coefficient (Wildman–Crippen LogP) is 2.08. The molecule has 2 heteroatoms. The minimum absolute atomic E-state index is 0.196. The Morgan fingerprint density at radius 2 is 2.07 bits per heavy atom. The molecule has 2 fully saturated rings. The molecule has 0 N–H and O–H groups in total. The number of carbonyl (C=O) groups is 1. The van der Waals surface area contributed by atoms with Gasteiger partial charge in [-0.15, -0.1) is 0 Å². The van der Waals surface area contributed by atoms with Crippen LogP contribution in [-0.2, 0) is 4.79 Å². The first-order chi connectivity index (χ1) is 6.61. The largest absolute Gasteiger partial charge is 0.298 e. The molecule has 1 aliphatic heterocycles. The summed E-state index contributed by atoms with van der Waals surface area (Å²) in [5, 5.41) is 0. The fourth-order valence-corrected chi connectivity index (χ4v) is 3.21. The van der Waals surface area contributed by atoms with Crippen molar-refractivity contribution in [3.63, 3.8) is 0 Å². The number of nitrogens with zero attached hydrogens (tertiary/aromatic N) is 1. The Labute approximate surface area is 86.7 Å². The molecule has 1 saturated carbocycles. The van der Waals surface area contributed by atoms with Crippen molar-refractivity contribution in [2.24, 2.45) is 11.8 Å². The average molecular weight is 195 g/mol. The monoisotopic (exact) mass is 195 g/mol. The van der Waals surface area contributed by atoms with Gasteiger partial charge in [-0.25, -0.2) is 0 Å². The molecule has 0 aromatic rings. The highest BCUT2D eigenvalue weighted by Crippen LogP contribution is 2.40. The third kappa shape index (κ3) is 1.50. The number of ketones is 1. The predicted molar refractivity (Wildman–Crippen MR) is 57.1 cm³/mol. The molecule has 2 aliphatic rings. The molecule has 2 nitrogen and oxygen atoms in total. The lowest BCUT2D eigenvalue weighted by molar-refractivity contribution is -0.126. The van der Waals surface area contributed by atoms with Crippen LogP contribution in [0.1, 0.15) is 39.5 Å². The van der Waals surface area contributed by atoms with Crippen molar-refractivity contribution >= 4 is 5.78 Å². The molecular formula is C12H21NO. The van der Waals surface area contributed by atoms with Gasteiger partial charge in [0, 0.05) is 12.0 Å². The molecule has 0 radical (unpaired) electrons. The molecule has 0 aromatic carbocycles. The summed E-state index contributed by atoms with van der Waals surface area (Å²) >= 11 is 0. The van der Waals surface area contributed by atoms with Crippen molar-refractivity contribution in [2.45, 2.75) is 51.6 Å². The zero-order chi connectivity index (χ0) is 10.3. The van der Waals surface area contributed by atoms with Crippen LogP contribution in [0.2, 0.25) is 0 Å². The van der Waals surface area contributed by atoms with E-state index in [2.05, 4.69) is 11.9 Å². The summed E-state index contributed by atoms with van der Waals surface area (Å²) in [4.78, 5) is 14.3. The number of fused-ring (bicyclic) bond motifs is 1. The summed E-state index contributed by atoms with van der Waals surface area (Å²) in [6.07, 6.45) is 5.14. The second-order valence-electron chi connectivity index (χ2n) is 5.23. The van der Waals surface area contributed by atoms with Gasteiger partial charge in [-0.05, 0) is 32.2 Å². The van der Waals surface area contributed by atoms with Crippen molar-refractivity contribution < 1.29 is 4.79 Å². The third-order valence-corrected chi connectivity index (χ3v) is 4.06. The first-order valence-corrected chi connectivity index (χ1v) is 5.87. The highest BCUT2D eigenvalue weighted by molar-refractivity contribution is 5.86. The summed E-state index contributed by atoms with van der Waals surface area (Å²) in [7, 11) is 2.14. The molecule has 0 spiro atoms. The Morgan fingerprint density at radius 3 is 2.64 bits per heavy atom. The zero-order valence-corrected chi connectivity index (χ0v) is 9.49. The summed E-state index contributed by atoms with van der Waals surface area (Å²) in [6.45, 7) is 4.04. The van der Waals surface area contributed by atoms with Crippen LogP contribution in [0.4, 0.5) is 0 Å². The van der Waals surface area contributed by atoms with Gasteiger partial charge in [-0.1, -0.05) is 20.3 Å². The number of rotatable bonds is 2. The lowest BCUT2D eigenvalue weighted by Gasteiger charge is -2.24. The molecule has 3 atom stereocenters. The van der Waals surface area contributed by atoms with Crippen molar-refractivity contribution in [1.29, 1.82) is 0 Å². The molecule has 1 saturated heterocycles. The van der Waals surface area contributed by atoms with E-state index >= 15 is 0 Å². The van der Waals surface area contributed by atoms with E-state index in [1.165, 1.54) is 19.3 Å². The maximum Gasteiger partial charge on any atom is 0.152 e. The lowest BCUT2D eigenvalue weighted by atomic mass is 9.96. The molecule has 0 amide bonds. The number of hydrogen-bond acceptors (Lipinski definition) is 2. The van der Waals surface area contributed by atoms with Gasteiger partial charge in [0.1, 0.15) is 0 Å². The molecule has 0 aromatic heterocycles. The summed E-state index contributed by atoms with van der Waals surface area (Å²) in [5.41, 5.74) is 0. The van der Waals surface area contributed by atoms with Crippen LogP contribution in [0.15, 0.2) is 0 Å². The van der Waals surface area contributed by atoms with Gasteiger partial charge in [0.05, 0.1) is 6.04 Å². The highest BCUT2D eigenvalue weighted by atomic mass is 16.1. The van der Waals surface area contributed by atoms with Crippen molar-refractivity contribution in [3.05, 3.63) is 0 Å². The van der Waals surface area contributed by atoms with E-state index in [-0.39, 0.29) is 12.0 Å². The quantitative estimate of drug-likeness (QED) is 0.672.